The van der Waals surface area contributed by atoms with Crippen molar-refractivity contribution in [1.82, 2.24) is 0 Å². The molecule has 0 radical (unpaired) electrons. The standard InChI is InChI=1S/C31H27F3O/c1-2-3-4-5-6-22-7-9-23(10-8-22)11-12-24-13-19-29-26(21-24)16-20-28(30(29)32)25-14-17-27(18-15-25)35-31(33)34/h7-10,13-21,31H,2-6H2,1H3. The predicted molar refractivity (Wildman–Crippen MR) is 136 cm³/mol. The highest BCUT2D eigenvalue weighted by Crippen LogP contribution is 2.30. The minimum Gasteiger partial charge on any atom is -0.435 e. The van der Waals surface area contributed by atoms with Crippen LogP contribution >= 0.6 is 0 Å². The van der Waals surface area contributed by atoms with E-state index in [4.69, 9.17) is 0 Å². The van der Waals surface area contributed by atoms with Crippen LogP contribution in [0, 0.1) is 17.7 Å². The highest BCUT2D eigenvalue weighted by atomic mass is 19.3. The van der Waals surface area contributed by atoms with E-state index in [1.54, 1.807) is 24.3 Å². The molecule has 0 amide bonds. The number of aryl methyl sites for hydroxylation is 1. The number of rotatable bonds is 8. The van der Waals surface area contributed by atoms with Gasteiger partial charge in [0, 0.05) is 22.1 Å². The van der Waals surface area contributed by atoms with Crippen molar-refractivity contribution in [2.45, 2.75) is 45.6 Å². The number of benzene rings is 4. The van der Waals surface area contributed by atoms with E-state index in [2.05, 4.69) is 35.6 Å². The van der Waals surface area contributed by atoms with Gasteiger partial charge in [-0.2, -0.15) is 8.78 Å². The van der Waals surface area contributed by atoms with E-state index < -0.39 is 6.61 Å². The number of unbranched alkanes of at least 4 members (excludes halogenated alkanes) is 3. The van der Waals surface area contributed by atoms with Gasteiger partial charge in [0.2, 0.25) is 0 Å². The number of halogens is 3. The van der Waals surface area contributed by atoms with Crippen molar-refractivity contribution in [3.8, 4) is 28.7 Å². The zero-order chi connectivity index (χ0) is 24.6. The molecule has 0 N–H and O–H groups in total. The Balaban J connectivity index is 1.49. The summed E-state index contributed by atoms with van der Waals surface area (Å²) in [5.41, 5.74) is 4.07. The smallest absolute Gasteiger partial charge is 0.387 e. The average Bonchev–Trinajstić information content (AvgIpc) is 2.86. The van der Waals surface area contributed by atoms with Crippen LogP contribution in [0.3, 0.4) is 0 Å². The summed E-state index contributed by atoms with van der Waals surface area (Å²) in [7, 11) is 0. The van der Waals surface area contributed by atoms with Gasteiger partial charge in [0.05, 0.1) is 0 Å². The van der Waals surface area contributed by atoms with Crippen molar-refractivity contribution in [3.63, 3.8) is 0 Å². The lowest BCUT2D eigenvalue weighted by atomic mass is 9.99. The molecule has 0 aliphatic rings. The highest BCUT2D eigenvalue weighted by molar-refractivity contribution is 5.89. The molecule has 0 saturated heterocycles. The maximum Gasteiger partial charge on any atom is 0.387 e. The van der Waals surface area contributed by atoms with Crippen LogP contribution in [0.1, 0.15) is 49.3 Å². The largest absolute Gasteiger partial charge is 0.435 e. The first-order chi connectivity index (χ1) is 17.0. The van der Waals surface area contributed by atoms with E-state index >= 15 is 4.39 Å². The molecule has 4 heteroatoms. The highest BCUT2D eigenvalue weighted by Gasteiger charge is 2.11. The van der Waals surface area contributed by atoms with Crippen molar-refractivity contribution < 1.29 is 17.9 Å². The third-order valence-electron chi connectivity index (χ3n) is 5.97. The fraction of sp³-hybridized carbons (Fsp3) is 0.226. The Morgan fingerprint density at radius 3 is 2.20 bits per heavy atom. The van der Waals surface area contributed by atoms with Crippen LogP contribution in [-0.4, -0.2) is 6.61 Å². The van der Waals surface area contributed by atoms with Crippen molar-refractivity contribution in [1.29, 1.82) is 0 Å². The molecule has 0 aromatic heterocycles. The molecule has 0 atom stereocenters. The van der Waals surface area contributed by atoms with Gasteiger partial charge in [-0.25, -0.2) is 4.39 Å². The molecule has 0 aliphatic heterocycles. The van der Waals surface area contributed by atoms with E-state index in [-0.39, 0.29) is 11.6 Å². The Bertz CT molecular complexity index is 1330. The Hall–Kier alpha value is -3.71. The molecule has 0 unspecified atom stereocenters. The Morgan fingerprint density at radius 2 is 1.49 bits per heavy atom. The monoisotopic (exact) mass is 472 g/mol. The van der Waals surface area contributed by atoms with Crippen LogP contribution in [0.2, 0.25) is 0 Å². The molecule has 4 aromatic rings. The molecule has 0 saturated carbocycles. The van der Waals surface area contributed by atoms with Crippen LogP contribution in [-0.2, 0) is 6.42 Å². The Morgan fingerprint density at radius 1 is 0.771 bits per heavy atom. The van der Waals surface area contributed by atoms with Crippen LogP contribution < -0.4 is 4.74 Å². The molecule has 0 aliphatic carbocycles. The summed E-state index contributed by atoms with van der Waals surface area (Å²) in [6.07, 6.45) is 6.11. The summed E-state index contributed by atoms with van der Waals surface area (Å²) in [5, 5.41) is 1.23. The molecular weight excluding hydrogens is 445 g/mol. The second kappa shape index (κ2) is 11.6. The van der Waals surface area contributed by atoms with Gasteiger partial charge in [0.15, 0.2) is 0 Å². The maximum atomic E-state index is 15.2. The Labute approximate surface area is 204 Å². The van der Waals surface area contributed by atoms with Crippen molar-refractivity contribution >= 4 is 10.8 Å². The molecule has 0 bridgehead atoms. The van der Waals surface area contributed by atoms with E-state index in [0.717, 1.165) is 22.9 Å². The van der Waals surface area contributed by atoms with Gasteiger partial charge >= 0.3 is 6.61 Å². The first-order valence-corrected chi connectivity index (χ1v) is 11.9. The molecule has 35 heavy (non-hydrogen) atoms. The molecule has 178 valence electrons. The summed E-state index contributed by atoms with van der Waals surface area (Å²) >= 11 is 0. The molecule has 0 spiro atoms. The van der Waals surface area contributed by atoms with Crippen molar-refractivity contribution in [3.05, 3.63) is 101 Å². The summed E-state index contributed by atoms with van der Waals surface area (Å²) in [6, 6.07) is 23.3. The number of hydrogen-bond acceptors (Lipinski definition) is 1. The molecule has 1 nitrogen and oxygen atoms in total. The zero-order valence-corrected chi connectivity index (χ0v) is 19.7. The van der Waals surface area contributed by atoms with Gasteiger partial charge in [-0.3, -0.25) is 0 Å². The molecule has 4 rings (SSSR count). The van der Waals surface area contributed by atoms with Crippen LogP contribution in [0.4, 0.5) is 13.2 Å². The minimum absolute atomic E-state index is 0.0368. The number of ether oxygens (including phenoxy) is 1. The maximum absolute atomic E-state index is 15.2. The van der Waals surface area contributed by atoms with E-state index in [0.29, 0.717) is 16.5 Å². The van der Waals surface area contributed by atoms with Crippen LogP contribution in [0.5, 0.6) is 5.75 Å². The van der Waals surface area contributed by atoms with E-state index in [1.165, 1.54) is 43.4 Å². The SMILES string of the molecule is CCCCCCc1ccc(C#Cc2ccc3c(F)c(-c4ccc(OC(F)F)cc4)ccc3c2)cc1. The van der Waals surface area contributed by atoms with Gasteiger partial charge in [-0.05, 0) is 65.8 Å². The summed E-state index contributed by atoms with van der Waals surface area (Å²) in [4.78, 5) is 0. The number of fused-ring (bicyclic) bond motifs is 1. The third kappa shape index (κ3) is 6.45. The van der Waals surface area contributed by atoms with Gasteiger partial charge in [0.1, 0.15) is 11.6 Å². The fourth-order valence-corrected chi connectivity index (χ4v) is 4.06. The quantitative estimate of drug-likeness (QED) is 0.184. The van der Waals surface area contributed by atoms with Gasteiger partial charge in [-0.1, -0.05) is 80.5 Å². The summed E-state index contributed by atoms with van der Waals surface area (Å²) < 4.78 is 44.3. The van der Waals surface area contributed by atoms with Gasteiger partial charge in [-0.15, -0.1) is 0 Å². The third-order valence-corrected chi connectivity index (χ3v) is 5.97. The first kappa shape index (κ1) is 24.4. The van der Waals surface area contributed by atoms with Crippen LogP contribution in [0.15, 0.2) is 78.9 Å². The molecule has 0 fully saturated rings. The second-order valence-corrected chi connectivity index (χ2v) is 8.52. The van der Waals surface area contributed by atoms with Gasteiger partial charge < -0.3 is 4.74 Å². The second-order valence-electron chi connectivity index (χ2n) is 8.52. The molecule has 0 heterocycles. The minimum atomic E-state index is -2.89. The van der Waals surface area contributed by atoms with E-state index in [1.807, 2.05) is 30.3 Å². The molecule has 4 aromatic carbocycles. The molecular formula is C31H27F3O. The zero-order valence-electron chi connectivity index (χ0n) is 19.7. The van der Waals surface area contributed by atoms with Gasteiger partial charge in [0.25, 0.3) is 0 Å². The lowest BCUT2D eigenvalue weighted by Gasteiger charge is -2.09. The lowest BCUT2D eigenvalue weighted by Crippen LogP contribution is -2.01. The Kier molecular flexibility index (Phi) is 8.11. The van der Waals surface area contributed by atoms with E-state index in [9.17, 15) is 8.78 Å². The topological polar surface area (TPSA) is 9.23 Å². The predicted octanol–water partition coefficient (Wildman–Crippen LogP) is 8.77. The van der Waals surface area contributed by atoms with Crippen molar-refractivity contribution in [2.24, 2.45) is 0 Å². The summed E-state index contributed by atoms with van der Waals surface area (Å²) in [5.74, 6) is 6.04. The normalized spacial score (nSPS) is 10.9. The number of hydrogen-bond donors (Lipinski definition) is 0. The fourth-order valence-electron chi connectivity index (χ4n) is 4.06. The van der Waals surface area contributed by atoms with Crippen molar-refractivity contribution in [2.75, 3.05) is 0 Å². The average molecular weight is 473 g/mol. The summed E-state index contributed by atoms with van der Waals surface area (Å²) in [6.45, 7) is -0.676. The number of alkyl halides is 2. The van der Waals surface area contributed by atoms with Crippen LogP contribution in [0.25, 0.3) is 21.9 Å². The lowest BCUT2D eigenvalue weighted by molar-refractivity contribution is -0.0498. The first-order valence-electron chi connectivity index (χ1n) is 11.9.